The van der Waals surface area contributed by atoms with Gasteiger partial charge in [0.15, 0.2) is 5.96 Å². The van der Waals surface area contributed by atoms with Gasteiger partial charge in [-0.1, -0.05) is 12.1 Å². The van der Waals surface area contributed by atoms with E-state index in [1.165, 1.54) is 4.88 Å². The van der Waals surface area contributed by atoms with Crippen molar-refractivity contribution in [3.63, 3.8) is 0 Å². The van der Waals surface area contributed by atoms with E-state index in [-0.39, 0.29) is 0 Å². The van der Waals surface area contributed by atoms with Crippen LogP contribution in [0.25, 0.3) is 0 Å². The van der Waals surface area contributed by atoms with Crippen LogP contribution in [0.15, 0.2) is 35.5 Å². The third kappa shape index (κ3) is 5.50. The number of rotatable bonds is 7. The standard InChI is InChI=1S/C17H24N4O2S/c1-4-18-17(21-11-16-19-9-12(2)24-16)20-10-15(22)13-5-7-14(23-3)8-6-13/h5-9,15,22H,4,10-11H2,1-3H3,(H2,18,20,21). The Bertz CT molecular complexity index is 655. The summed E-state index contributed by atoms with van der Waals surface area (Å²) in [5.41, 5.74) is 0.828. The van der Waals surface area contributed by atoms with E-state index >= 15 is 0 Å². The van der Waals surface area contributed by atoms with Crippen LogP contribution in [0.3, 0.4) is 0 Å². The Kier molecular flexibility index (Phi) is 7.02. The van der Waals surface area contributed by atoms with Gasteiger partial charge in [-0.3, -0.25) is 0 Å². The molecule has 1 heterocycles. The number of hydrogen-bond acceptors (Lipinski definition) is 5. The summed E-state index contributed by atoms with van der Waals surface area (Å²) in [5.74, 6) is 1.44. The first-order valence-electron chi connectivity index (χ1n) is 7.88. The van der Waals surface area contributed by atoms with Gasteiger partial charge in [-0.15, -0.1) is 11.3 Å². The zero-order valence-corrected chi connectivity index (χ0v) is 15.1. The third-order valence-corrected chi connectivity index (χ3v) is 4.25. The molecular formula is C17H24N4O2S. The second-order valence-corrected chi connectivity index (χ2v) is 6.55. The summed E-state index contributed by atoms with van der Waals surface area (Å²) in [6.45, 7) is 5.67. The van der Waals surface area contributed by atoms with Crippen molar-refractivity contribution in [2.75, 3.05) is 20.2 Å². The van der Waals surface area contributed by atoms with Gasteiger partial charge in [0.1, 0.15) is 10.8 Å². The summed E-state index contributed by atoms with van der Waals surface area (Å²) in [6.07, 6.45) is 1.23. The largest absolute Gasteiger partial charge is 0.497 e. The van der Waals surface area contributed by atoms with E-state index in [0.29, 0.717) is 19.0 Å². The van der Waals surface area contributed by atoms with E-state index in [9.17, 15) is 5.11 Å². The number of aromatic nitrogens is 1. The lowest BCUT2D eigenvalue weighted by atomic mass is 10.1. The maximum atomic E-state index is 10.3. The average molecular weight is 348 g/mol. The topological polar surface area (TPSA) is 78.8 Å². The minimum absolute atomic E-state index is 0.370. The molecule has 0 amide bonds. The maximum Gasteiger partial charge on any atom is 0.191 e. The van der Waals surface area contributed by atoms with Gasteiger partial charge in [0, 0.05) is 24.2 Å². The molecule has 0 saturated heterocycles. The SMILES string of the molecule is CCNC(=NCc1ncc(C)s1)NCC(O)c1ccc(OC)cc1. The predicted octanol–water partition coefficient (Wildman–Crippen LogP) is 2.25. The fourth-order valence-corrected chi connectivity index (χ4v) is 2.81. The van der Waals surface area contributed by atoms with Crippen LogP contribution in [0.5, 0.6) is 5.75 Å². The van der Waals surface area contributed by atoms with Gasteiger partial charge in [-0.25, -0.2) is 9.98 Å². The van der Waals surface area contributed by atoms with Crippen molar-refractivity contribution in [1.82, 2.24) is 15.6 Å². The van der Waals surface area contributed by atoms with E-state index in [4.69, 9.17) is 4.74 Å². The van der Waals surface area contributed by atoms with Crippen molar-refractivity contribution in [1.29, 1.82) is 0 Å². The molecule has 1 aromatic carbocycles. The van der Waals surface area contributed by atoms with Gasteiger partial charge in [-0.2, -0.15) is 0 Å². The Morgan fingerprint density at radius 3 is 2.67 bits per heavy atom. The molecule has 24 heavy (non-hydrogen) atoms. The Labute approximate surface area is 146 Å². The molecule has 130 valence electrons. The number of nitrogens with zero attached hydrogens (tertiary/aromatic N) is 2. The van der Waals surface area contributed by atoms with Gasteiger partial charge < -0.3 is 20.5 Å². The molecule has 1 aromatic heterocycles. The van der Waals surface area contributed by atoms with Crippen LogP contribution in [0.4, 0.5) is 0 Å². The highest BCUT2D eigenvalue weighted by Crippen LogP contribution is 2.17. The average Bonchev–Trinajstić information content (AvgIpc) is 3.02. The number of ether oxygens (including phenoxy) is 1. The van der Waals surface area contributed by atoms with Crippen LogP contribution in [0.2, 0.25) is 0 Å². The van der Waals surface area contributed by atoms with Crippen LogP contribution in [-0.4, -0.2) is 36.2 Å². The lowest BCUT2D eigenvalue weighted by Gasteiger charge is -2.15. The zero-order valence-electron chi connectivity index (χ0n) is 14.2. The molecule has 0 aliphatic carbocycles. The van der Waals surface area contributed by atoms with Crippen molar-refractivity contribution in [3.8, 4) is 5.75 Å². The highest BCUT2D eigenvalue weighted by atomic mass is 32.1. The zero-order chi connectivity index (χ0) is 17.4. The van der Waals surface area contributed by atoms with Crippen molar-refractivity contribution < 1.29 is 9.84 Å². The third-order valence-electron chi connectivity index (χ3n) is 3.35. The van der Waals surface area contributed by atoms with Crippen LogP contribution < -0.4 is 15.4 Å². The Morgan fingerprint density at radius 2 is 2.08 bits per heavy atom. The van der Waals surface area contributed by atoms with E-state index in [1.54, 1.807) is 18.4 Å². The number of hydrogen-bond donors (Lipinski definition) is 3. The first kappa shape index (κ1) is 18.2. The van der Waals surface area contributed by atoms with Gasteiger partial charge in [0.2, 0.25) is 0 Å². The van der Waals surface area contributed by atoms with Crippen LogP contribution in [-0.2, 0) is 6.54 Å². The molecular weight excluding hydrogens is 324 g/mol. The summed E-state index contributed by atoms with van der Waals surface area (Å²) in [7, 11) is 1.62. The van der Waals surface area contributed by atoms with Crippen molar-refractivity contribution in [2.45, 2.75) is 26.5 Å². The molecule has 0 aliphatic rings. The summed E-state index contributed by atoms with van der Waals surface area (Å²) in [6, 6.07) is 7.38. The van der Waals surface area contributed by atoms with Crippen LogP contribution >= 0.6 is 11.3 Å². The first-order valence-corrected chi connectivity index (χ1v) is 8.69. The number of aliphatic hydroxyl groups excluding tert-OH is 1. The number of aryl methyl sites for hydroxylation is 1. The van der Waals surface area contributed by atoms with Crippen LogP contribution in [0, 0.1) is 6.92 Å². The van der Waals surface area contributed by atoms with Gasteiger partial charge >= 0.3 is 0 Å². The fraction of sp³-hybridized carbons (Fsp3) is 0.412. The molecule has 6 nitrogen and oxygen atoms in total. The first-order chi connectivity index (χ1) is 11.6. The molecule has 3 N–H and O–H groups in total. The molecule has 0 bridgehead atoms. The predicted molar refractivity (Wildman–Crippen MR) is 97.6 cm³/mol. The number of methoxy groups -OCH3 is 1. The second-order valence-electron chi connectivity index (χ2n) is 5.23. The van der Waals surface area contributed by atoms with E-state index in [2.05, 4.69) is 20.6 Å². The summed E-state index contributed by atoms with van der Waals surface area (Å²) < 4.78 is 5.12. The fourth-order valence-electron chi connectivity index (χ4n) is 2.10. The quantitative estimate of drug-likeness (QED) is 0.528. The second kappa shape index (κ2) is 9.24. The molecule has 0 radical (unpaired) electrons. The van der Waals surface area contributed by atoms with Crippen molar-refractivity contribution >= 4 is 17.3 Å². The Hall–Kier alpha value is -2.12. The number of nitrogens with one attached hydrogen (secondary N) is 2. The summed E-state index contributed by atoms with van der Waals surface area (Å²) in [4.78, 5) is 9.98. The number of benzene rings is 1. The van der Waals surface area contributed by atoms with Crippen molar-refractivity contribution in [2.24, 2.45) is 4.99 Å². The number of aliphatic imine (C=N–C) groups is 1. The van der Waals surface area contributed by atoms with E-state index < -0.39 is 6.10 Å². The maximum absolute atomic E-state index is 10.3. The highest BCUT2D eigenvalue weighted by Gasteiger charge is 2.09. The monoisotopic (exact) mass is 348 g/mol. The minimum atomic E-state index is -0.623. The lowest BCUT2D eigenvalue weighted by Crippen LogP contribution is -2.39. The van der Waals surface area contributed by atoms with Gasteiger partial charge in [0.05, 0.1) is 19.8 Å². The summed E-state index contributed by atoms with van der Waals surface area (Å²) >= 11 is 1.64. The van der Waals surface area contributed by atoms with Gasteiger partial charge in [0.25, 0.3) is 0 Å². The van der Waals surface area contributed by atoms with E-state index in [0.717, 1.165) is 22.9 Å². The normalized spacial score (nSPS) is 12.8. The Balaban J connectivity index is 1.91. The number of thiazole rings is 1. The van der Waals surface area contributed by atoms with Crippen molar-refractivity contribution in [3.05, 3.63) is 45.9 Å². The number of aliphatic hydroxyl groups is 1. The molecule has 0 fully saturated rings. The molecule has 0 aliphatic heterocycles. The Morgan fingerprint density at radius 1 is 1.33 bits per heavy atom. The van der Waals surface area contributed by atoms with Gasteiger partial charge in [-0.05, 0) is 31.5 Å². The minimum Gasteiger partial charge on any atom is -0.497 e. The molecule has 1 unspecified atom stereocenters. The lowest BCUT2D eigenvalue weighted by molar-refractivity contribution is 0.180. The van der Waals surface area contributed by atoms with E-state index in [1.807, 2.05) is 44.3 Å². The molecule has 7 heteroatoms. The number of guanidine groups is 1. The molecule has 0 saturated carbocycles. The molecule has 2 aromatic rings. The molecule has 0 spiro atoms. The summed E-state index contributed by atoms with van der Waals surface area (Å²) in [5, 5.41) is 17.6. The molecule has 1 atom stereocenters. The van der Waals surface area contributed by atoms with Crippen LogP contribution in [0.1, 0.15) is 28.5 Å². The molecule has 2 rings (SSSR count). The smallest absolute Gasteiger partial charge is 0.191 e. The highest BCUT2D eigenvalue weighted by molar-refractivity contribution is 7.11.